The molecule has 2 N–H and O–H groups in total. The minimum absolute atomic E-state index is 0.122. The summed E-state index contributed by atoms with van der Waals surface area (Å²) in [5, 5.41) is 13.2. The molecule has 1 aliphatic carbocycles. The summed E-state index contributed by atoms with van der Waals surface area (Å²) in [5.74, 6) is -3.35. The Morgan fingerprint density at radius 1 is 0.940 bits per heavy atom. The number of fused-ring (bicyclic) bond motifs is 1. The molecule has 14 heteroatoms. The number of rotatable bonds is 11. The third-order valence-corrected chi connectivity index (χ3v) is 13.0. The van der Waals surface area contributed by atoms with E-state index in [1.54, 1.807) is 18.3 Å². The van der Waals surface area contributed by atoms with Crippen molar-refractivity contribution in [1.29, 1.82) is 0 Å². The number of carbonyl (C=O) groups excluding carboxylic acids is 2. The number of anilines is 1. The molecular weight excluding hydrogens is 703 g/mol. The lowest BCUT2D eigenvalue weighted by Crippen LogP contribution is -2.69. The number of carboxylic acids is 1. The minimum atomic E-state index is -3.26. The van der Waals surface area contributed by atoms with Crippen molar-refractivity contribution in [2.75, 3.05) is 37.8 Å². The fourth-order valence-electron chi connectivity index (χ4n) is 7.85. The average Bonchev–Trinajstić information content (AvgIpc) is 3.75. The zero-order valence-corrected chi connectivity index (χ0v) is 30.7. The lowest BCUT2D eigenvalue weighted by molar-refractivity contribution is -0.258. The molecule has 0 spiro atoms. The van der Waals surface area contributed by atoms with Crippen molar-refractivity contribution in [2.24, 2.45) is 13.0 Å². The molecule has 270 valence electrons. The van der Waals surface area contributed by atoms with Crippen molar-refractivity contribution >= 4 is 67.3 Å². The molecule has 6 rings (SSSR count). The average molecular weight is 748 g/mol. The molecular formula is C36H44Cl2N4O7S. The normalized spacial score (nSPS) is 22.4. The monoisotopic (exact) mass is 746 g/mol. The van der Waals surface area contributed by atoms with Crippen LogP contribution in [0.2, 0.25) is 10.0 Å². The number of likely N-dealkylation sites (tertiary alicyclic amines) is 2. The quantitative estimate of drug-likeness (QED) is 0.251. The number of nitrogens with one attached hydrogen (secondary N) is 1. The summed E-state index contributed by atoms with van der Waals surface area (Å²) in [6, 6.07) is 10.7. The first-order valence-electron chi connectivity index (χ1n) is 17.2. The Kier molecular flexibility index (Phi) is 11.0. The highest BCUT2D eigenvalue weighted by Gasteiger charge is 2.53. The Balaban J connectivity index is 1.29. The number of ketones is 1. The highest BCUT2D eigenvalue weighted by atomic mass is 35.5. The van der Waals surface area contributed by atoms with Crippen LogP contribution in [0.15, 0.2) is 42.6 Å². The number of aryl methyl sites for hydroxylation is 1. The van der Waals surface area contributed by atoms with Gasteiger partial charge >= 0.3 is 5.97 Å². The first-order chi connectivity index (χ1) is 23.8. The summed E-state index contributed by atoms with van der Waals surface area (Å²) in [6.07, 6.45) is 6.93. The van der Waals surface area contributed by atoms with Crippen molar-refractivity contribution in [2.45, 2.75) is 75.0 Å². The van der Waals surface area contributed by atoms with Crippen molar-refractivity contribution < 1.29 is 32.6 Å². The Morgan fingerprint density at radius 3 is 2.22 bits per heavy atom. The van der Waals surface area contributed by atoms with Gasteiger partial charge in [0, 0.05) is 68.0 Å². The van der Waals surface area contributed by atoms with Gasteiger partial charge in [0.15, 0.2) is 5.78 Å². The van der Waals surface area contributed by atoms with E-state index in [9.17, 15) is 27.9 Å². The van der Waals surface area contributed by atoms with E-state index < -0.39 is 32.8 Å². The Labute approximate surface area is 302 Å². The summed E-state index contributed by atoms with van der Waals surface area (Å²) >= 11 is 13.6. The molecule has 1 unspecified atom stereocenters. The molecule has 50 heavy (non-hydrogen) atoms. The SMILES string of the molecule is Cn1cc(C(=O)Nc2cc(Cl)c(CC(=O)C(OC3CCC(C(=O)O)CC3)(N3CCCC3)N3CCC(S(C)(=O)=O)CC3)cc2Cl)c2ccccc21. The van der Waals surface area contributed by atoms with Gasteiger partial charge in [0.1, 0.15) is 9.84 Å². The van der Waals surface area contributed by atoms with Crippen LogP contribution in [0.3, 0.4) is 0 Å². The van der Waals surface area contributed by atoms with Gasteiger partial charge in [-0.05, 0) is 75.1 Å². The molecule has 3 fully saturated rings. The molecule has 2 saturated heterocycles. The van der Waals surface area contributed by atoms with Crippen molar-refractivity contribution in [1.82, 2.24) is 14.4 Å². The summed E-state index contributed by atoms with van der Waals surface area (Å²) in [5.41, 5.74) is 2.18. The first kappa shape index (κ1) is 36.8. The molecule has 0 bridgehead atoms. The van der Waals surface area contributed by atoms with E-state index >= 15 is 0 Å². The smallest absolute Gasteiger partial charge is 0.306 e. The molecule has 3 aromatic rings. The fourth-order valence-corrected chi connectivity index (χ4v) is 9.39. The van der Waals surface area contributed by atoms with Gasteiger partial charge in [-0.3, -0.25) is 24.2 Å². The van der Waals surface area contributed by atoms with Gasteiger partial charge in [-0.1, -0.05) is 41.4 Å². The zero-order valence-electron chi connectivity index (χ0n) is 28.4. The maximum absolute atomic E-state index is 14.9. The number of amides is 1. The molecule has 2 aromatic carbocycles. The van der Waals surface area contributed by atoms with Crippen LogP contribution >= 0.6 is 23.2 Å². The number of aliphatic carboxylic acids is 1. The second-order valence-electron chi connectivity index (χ2n) is 13.9. The predicted molar refractivity (Wildman–Crippen MR) is 193 cm³/mol. The van der Waals surface area contributed by atoms with E-state index in [-0.39, 0.29) is 34.3 Å². The Bertz CT molecular complexity index is 1880. The molecule has 1 saturated carbocycles. The number of carbonyl (C=O) groups is 3. The molecule has 1 atom stereocenters. The van der Waals surface area contributed by atoms with Crippen LogP contribution in [0.1, 0.15) is 67.3 Å². The van der Waals surface area contributed by atoms with E-state index in [1.807, 2.05) is 40.8 Å². The Morgan fingerprint density at radius 2 is 1.58 bits per heavy atom. The van der Waals surface area contributed by atoms with E-state index in [2.05, 4.69) is 10.2 Å². The van der Waals surface area contributed by atoms with E-state index in [4.69, 9.17) is 27.9 Å². The molecule has 2 aliphatic heterocycles. The topological polar surface area (TPSA) is 138 Å². The number of hydrogen-bond acceptors (Lipinski definition) is 8. The minimum Gasteiger partial charge on any atom is -0.481 e. The van der Waals surface area contributed by atoms with Crippen LogP contribution < -0.4 is 5.32 Å². The number of aromatic nitrogens is 1. The largest absolute Gasteiger partial charge is 0.481 e. The highest BCUT2D eigenvalue weighted by Crippen LogP contribution is 2.39. The summed E-state index contributed by atoms with van der Waals surface area (Å²) in [4.78, 5) is 44.0. The van der Waals surface area contributed by atoms with Crippen LogP contribution in [-0.4, -0.2) is 95.2 Å². The van der Waals surface area contributed by atoms with Gasteiger partial charge in [0.05, 0.1) is 33.5 Å². The molecule has 1 aromatic heterocycles. The van der Waals surface area contributed by atoms with Crippen LogP contribution in [-0.2, 0) is 37.6 Å². The molecule has 3 aliphatic rings. The summed E-state index contributed by atoms with van der Waals surface area (Å²) in [6.45, 7) is 1.93. The van der Waals surface area contributed by atoms with Crippen molar-refractivity contribution in [3.63, 3.8) is 0 Å². The van der Waals surface area contributed by atoms with Crippen molar-refractivity contribution in [3.8, 4) is 0 Å². The number of carboxylic acid groups (broad SMARTS) is 1. The number of nitrogens with zero attached hydrogens (tertiary/aromatic N) is 3. The third kappa shape index (κ3) is 7.47. The number of para-hydroxylation sites is 1. The number of piperidine rings is 1. The maximum Gasteiger partial charge on any atom is 0.306 e. The first-order valence-corrected chi connectivity index (χ1v) is 19.9. The molecule has 0 radical (unpaired) electrons. The van der Waals surface area contributed by atoms with E-state index in [1.165, 1.54) is 6.26 Å². The van der Waals surface area contributed by atoms with Crippen LogP contribution in [0.4, 0.5) is 5.69 Å². The molecule has 11 nitrogen and oxygen atoms in total. The fraction of sp³-hybridized carbons (Fsp3) is 0.528. The summed E-state index contributed by atoms with van der Waals surface area (Å²) < 4.78 is 33.7. The number of benzene rings is 2. The van der Waals surface area contributed by atoms with Gasteiger partial charge < -0.3 is 19.7 Å². The second kappa shape index (κ2) is 14.9. The van der Waals surface area contributed by atoms with Gasteiger partial charge in [0.2, 0.25) is 5.85 Å². The van der Waals surface area contributed by atoms with Crippen LogP contribution in [0, 0.1) is 5.92 Å². The molecule has 1 amide bonds. The van der Waals surface area contributed by atoms with E-state index in [0.717, 1.165) is 23.7 Å². The lowest BCUT2D eigenvalue weighted by Gasteiger charge is -2.51. The lowest BCUT2D eigenvalue weighted by atomic mass is 9.87. The predicted octanol–water partition coefficient (Wildman–Crippen LogP) is 5.77. The number of halogens is 2. The second-order valence-corrected chi connectivity index (χ2v) is 17.0. The van der Waals surface area contributed by atoms with Gasteiger partial charge in [-0.15, -0.1) is 0 Å². The molecule has 3 heterocycles. The third-order valence-electron chi connectivity index (χ3n) is 10.6. The standard InChI is InChI=1S/C36H44Cl2N4O7S/c1-40-22-28(27-7-3-4-8-32(27)40)34(44)39-31-21-29(37)24(19-30(31)38)20-33(43)36(41-15-5-6-16-41,42-17-13-26(14-18-42)50(2,47)48)49-25-11-9-23(10-12-25)35(45)46/h3-4,7-8,19,21-23,25-26H,5-6,9-18,20H2,1-2H3,(H,39,44)(H,45,46). The van der Waals surface area contributed by atoms with Gasteiger partial charge in [-0.25, -0.2) is 8.42 Å². The number of Topliss-reactive ketones (excluding diaryl/α,β-unsaturated/α-hetero) is 1. The van der Waals surface area contributed by atoms with Crippen molar-refractivity contribution in [3.05, 3.63) is 63.8 Å². The number of ether oxygens (including phenoxy) is 1. The zero-order chi connectivity index (χ0) is 35.8. The van der Waals surface area contributed by atoms with Gasteiger partial charge in [0.25, 0.3) is 5.91 Å². The van der Waals surface area contributed by atoms with E-state index in [0.29, 0.717) is 81.5 Å². The van der Waals surface area contributed by atoms with Crippen LogP contribution in [0.5, 0.6) is 0 Å². The number of hydrogen-bond donors (Lipinski definition) is 2. The summed E-state index contributed by atoms with van der Waals surface area (Å²) in [7, 11) is -1.39. The number of sulfone groups is 1. The van der Waals surface area contributed by atoms with Crippen LogP contribution in [0.25, 0.3) is 10.9 Å². The van der Waals surface area contributed by atoms with Gasteiger partial charge in [-0.2, -0.15) is 0 Å². The highest BCUT2D eigenvalue weighted by molar-refractivity contribution is 7.91. The maximum atomic E-state index is 14.9. The Hall–Kier alpha value is -3.00.